The number of benzene rings is 1. The van der Waals surface area contributed by atoms with E-state index in [0.29, 0.717) is 11.4 Å². The minimum atomic E-state index is -1.42. The molecule has 0 aliphatic heterocycles. The summed E-state index contributed by atoms with van der Waals surface area (Å²) in [6, 6.07) is 8.70. The molecule has 2 aromatic rings. The Kier molecular flexibility index (Phi) is 3.43. The first-order valence-electron chi connectivity index (χ1n) is 5.63. The van der Waals surface area contributed by atoms with Gasteiger partial charge in [-0.05, 0) is 19.4 Å². The standard InChI is InChI=1S/C13H15FN2O2/c1-13(2,17-3)12-15-11(18-16-12)10(14)9-7-5-4-6-8-9/h4-8,10H,1-3H3. The summed E-state index contributed by atoms with van der Waals surface area (Å²) in [6.07, 6.45) is -1.42. The first-order chi connectivity index (χ1) is 8.54. The van der Waals surface area contributed by atoms with Crippen LogP contribution in [-0.4, -0.2) is 17.3 Å². The molecule has 0 aliphatic carbocycles. The molecule has 0 bridgehead atoms. The van der Waals surface area contributed by atoms with Gasteiger partial charge in [0.05, 0.1) is 0 Å². The van der Waals surface area contributed by atoms with Gasteiger partial charge in [-0.15, -0.1) is 0 Å². The van der Waals surface area contributed by atoms with Crippen LogP contribution in [0.1, 0.15) is 37.3 Å². The highest BCUT2D eigenvalue weighted by molar-refractivity contribution is 5.21. The third-order valence-corrected chi connectivity index (χ3v) is 2.80. The number of methoxy groups -OCH3 is 1. The Balaban J connectivity index is 2.26. The van der Waals surface area contributed by atoms with Gasteiger partial charge in [0.1, 0.15) is 5.60 Å². The fourth-order valence-electron chi connectivity index (χ4n) is 1.44. The van der Waals surface area contributed by atoms with E-state index in [4.69, 9.17) is 9.26 Å². The van der Waals surface area contributed by atoms with Gasteiger partial charge in [0.25, 0.3) is 5.89 Å². The third kappa shape index (κ3) is 2.41. The molecule has 0 N–H and O–H groups in total. The molecule has 4 nitrogen and oxygen atoms in total. The van der Waals surface area contributed by atoms with Gasteiger partial charge in [-0.2, -0.15) is 4.98 Å². The number of hydrogen-bond donors (Lipinski definition) is 0. The second-order valence-electron chi connectivity index (χ2n) is 4.44. The Morgan fingerprint density at radius 1 is 1.28 bits per heavy atom. The zero-order valence-corrected chi connectivity index (χ0v) is 10.6. The molecule has 96 valence electrons. The SMILES string of the molecule is COC(C)(C)c1noc(C(F)c2ccccc2)n1. The van der Waals surface area contributed by atoms with E-state index >= 15 is 0 Å². The largest absolute Gasteiger partial charge is 0.371 e. The highest BCUT2D eigenvalue weighted by Gasteiger charge is 2.29. The van der Waals surface area contributed by atoms with E-state index in [9.17, 15) is 4.39 Å². The van der Waals surface area contributed by atoms with Crippen LogP contribution in [0.3, 0.4) is 0 Å². The smallest absolute Gasteiger partial charge is 0.265 e. The Morgan fingerprint density at radius 3 is 2.56 bits per heavy atom. The Labute approximate surface area is 105 Å². The van der Waals surface area contributed by atoms with Crippen LogP contribution in [-0.2, 0) is 10.3 Å². The molecule has 0 saturated heterocycles. The quantitative estimate of drug-likeness (QED) is 0.836. The van der Waals surface area contributed by atoms with Crippen LogP contribution in [0.2, 0.25) is 0 Å². The summed E-state index contributed by atoms with van der Waals surface area (Å²) in [4.78, 5) is 4.05. The van der Waals surface area contributed by atoms with E-state index in [0.717, 1.165) is 0 Å². The van der Waals surface area contributed by atoms with Crippen molar-refractivity contribution in [3.05, 3.63) is 47.6 Å². The van der Waals surface area contributed by atoms with Gasteiger partial charge >= 0.3 is 0 Å². The summed E-state index contributed by atoms with van der Waals surface area (Å²) < 4.78 is 24.3. The second-order valence-corrected chi connectivity index (χ2v) is 4.44. The summed E-state index contributed by atoms with van der Waals surface area (Å²) in [7, 11) is 1.54. The van der Waals surface area contributed by atoms with E-state index < -0.39 is 11.8 Å². The van der Waals surface area contributed by atoms with E-state index in [1.54, 1.807) is 45.2 Å². The minimum Gasteiger partial charge on any atom is -0.371 e. The predicted molar refractivity (Wildman–Crippen MR) is 63.7 cm³/mol. The van der Waals surface area contributed by atoms with Crippen LogP contribution in [0.15, 0.2) is 34.9 Å². The average molecular weight is 250 g/mol. The van der Waals surface area contributed by atoms with Crippen molar-refractivity contribution >= 4 is 0 Å². The number of alkyl halides is 1. The molecule has 1 atom stereocenters. The molecule has 1 aromatic heterocycles. The molecule has 0 aliphatic rings. The van der Waals surface area contributed by atoms with Gasteiger partial charge in [-0.25, -0.2) is 4.39 Å². The fraction of sp³-hybridized carbons (Fsp3) is 0.385. The molecule has 1 heterocycles. The lowest BCUT2D eigenvalue weighted by atomic mass is 10.1. The van der Waals surface area contributed by atoms with Crippen LogP contribution >= 0.6 is 0 Å². The Bertz CT molecular complexity index is 511. The van der Waals surface area contributed by atoms with Gasteiger partial charge in [-0.3, -0.25) is 0 Å². The van der Waals surface area contributed by atoms with Crippen molar-refractivity contribution < 1.29 is 13.7 Å². The van der Waals surface area contributed by atoms with Gasteiger partial charge in [-0.1, -0.05) is 35.5 Å². The molecule has 0 radical (unpaired) electrons. The molecule has 2 rings (SSSR count). The highest BCUT2D eigenvalue weighted by Crippen LogP contribution is 2.27. The lowest BCUT2D eigenvalue weighted by Crippen LogP contribution is -2.21. The van der Waals surface area contributed by atoms with E-state index in [-0.39, 0.29) is 5.89 Å². The fourth-order valence-corrected chi connectivity index (χ4v) is 1.44. The summed E-state index contributed by atoms with van der Waals surface area (Å²) >= 11 is 0. The molecular formula is C13H15FN2O2. The summed E-state index contributed by atoms with van der Waals surface area (Å²) in [6.45, 7) is 3.58. The molecule has 1 aromatic carbocycles. The highest BCUT2D eigenvalue weighted by atomic mass is 19.1. The molecule has 18 heavy (non-hydrogen) atoms. The van der Waals surface area contributed by atoms with Crippen LogP contribution in [0.4, 0.5) is 4.39 Å². The monoisotopic (exact) mass is 250 g/mol. The van der Waals surface area contributed by atoms with Crippen molar-refractivity contribution in [2.24, 2.45) is 0 Å². The predicted octanol–water partition coefficient (Wildman–Crippen LogP) is 3.01. The van der Waals surface area contributed by atoms with Crippen molar-refractivity contribution in [2.75, 3.05) is 7.11 Å². The zero-order chi connectivity index (χ0) is 13.2. The summed E-state index contributed by atoms with van der Waals surface area (Å²) in [5.41, 5.74) is -0.207. The van der Waals surface area contributed by atoms with Gasteiger partial charge < -0.3 is 9.26 Å². The minimum absolute atomic E-state index is 0.0543. The van der Waals surface area contributed by atoms with Gasteiger partial charge in [0.15, 0.2) is 0 Å². The second kappa shape index (κ2) is 4.86. The van der Waals surface area contributed by atoms with E-state index in [2.05, 4.69) is 10.1 Å². The zero-order valence-electron chi connectivity index (χ0n) is 10.6. The van der Waals surface area contributed by atoms with Crippen LogP contribution in [0.5, 0.6) is 0 Å². The maximum atomic E-state index is 14.1. The van der Waals surface area contributed by atoms with Gasteiger partial charge in [0.2, 0.25) is 12.0 Å². The molecular weight excluding hydrogens is 235 g/mol. The first kappa shape index (κ1) is 12.7. The third-order valence-electron chi connectivity index (χ3n) is 2.80. The normalized spacial score (nSPS) is 13.6. The van der Waals surface area contributed by atoms with Crippen molar-refractivity contribution in [3.63, 3.8) is 0 Å². The molecule has 0 saturated carbocycles. The number of halogens is 1. The number of nitrogens with zero attached hydrogens (tertiary/aromatic N) is 2. The van der Waals surface area contributed by atoms with Crippen molar-refractivity contribution in [1.82, 2.24) is 10.1 Å². The van der Waals surface area contributed by atoms with Crippen molar-refractivity contribution in [3.8, 4) is 0 Å². The van der Waals surface area contributed by atoms with Gasteiger partial charge in [0, 0.05) is 7.11 Å². The average Bonchev–Trinajstić information content (AvgIpc) is 2.89. The van der Waals surface area contributed by atoms with Crippen molar-refractivity contribution in [1.29, 1.82) is 0 Å². The maximum absolute atomic E-state index is 14.1. The summed E-state index contributed by atoms with van der Waals surface area (Å²) in [5, 5.41) is 3.75. The number of hydrogen-bond acceptors (Lipinski definition) is 4. The van der Waals surface area contributed by atoms with Crippen LogP contribution < -0.4 is 0 Å². The lowest BCUT2D eigenvalue weighted by molar-refractivity contribution is 0.00973. The van der Waals surface area contributed by atoms with Crippen LogP contribution in [0, 0.1) is 0 Å². The Morgan fingerprint density at radius 2 is 1.94 bits per heavy atom. The molecule has 1 unspecified atom stereocenters. The molecule has 0 spiro atoms. The maximum Gasteiger partial charge on any atom is 0.265 e. The number of ether oxygens (including phenoxy) is 1. The summed E-state index contributed by atoms with van der Waals surface area (Å²) in [5.74, 6) is 0.278. The molecule has 0 amide bonds. The van der Waals surface area contributed by atoms with Crippen molar-refractivity contribution in [2.45, 2.75) is 25.6 Å². The van der Waals surface area contributed by atoms with Crippen LogP contribution in [0.25, 0.3) is 0 Å². The lowest BCUT2D eigenvalue weighted by Gasteiger charge is -2.17. The molecule has 5 heteroatoms. The van der Waals surface area contributed by atoms with E-state index in [1.165, 1.54) is 0 Å². The first-order valence-corrected chi connectivity index (χ1v) is 5.63. The number of aromatic nitrogens is 2. The Hall–Kier alpha value is -1.75. The topological polar surface area (TPSA) is 48.2 Å². The van der Waals surface area contributed by atoms with E-state index in [1.807, 2.05) is 6.07 Å². The number of rotatable bonds is 4. The molecule has 0 fully saturated rings.